The molecule has 260 valence electrons. The Kier molecular flexibility index (Phi) is 12.5. The molecule has 0 radical (unpaired) electrons. The highest BCUT2D eigenvalue weighted by Gasteiger charge is 2.49. The Morgan fingerprint density at radius 3 is 2.49 bits per heavy atom. The van der Waals surface area contributed by atoms with Crippen LogP contribution in [0.25, 0.3) is 0 Å². The van der Waals surface area contributed by atoms with Crippen LogP contribution < -0.4 is 9.64 Å². The van der Waals surface area contributed by atoms with Crippen molar-refractivity contribution < 1.29 is 18.7 Å². The molecule has 2 aromatic rings. The zero-order chi connectivity index (χ0) is 34.3. The van der Waals surface area contributed by atoms with Crippen LogP contribution in [0.4, 0.5) is 10.2 Å². The van der Waals surface area contributed by atoms with Gasteiger partial charge in [-0.1, -0.05) is 20.3 Å². The van der Waals surface area contributed by atoms with Crippen LogP contribution in [0.15, 0.2) is 24.5 Å². The van der Waals surface area contributed by atoms with Gasteiger partial charge in [-0.2, -0.15) is 0 Å². The van der Waals surface area contributed by atoms with Crippen LogP contribution in [0.2, 0.25) is 0 Å². The lowest BCUT2D eigenvalue weighted by atomic mass is 9.77. The van der Waals surface area contributed by atoms with Crippen LogP contribution in [0.1, 0.15) is 77.1 Å². The maximum atomic E-state index is 14.3. The summed E-state index contributed by atoms with van der Waals surface area (Å²) in [5.74, 6) is 0.395. The number of rotatable bonds is 16. The fraction of sp³-hybridized carbons (Fsp3) is 0.686. The van der Waals surface area contributed by atoms with Crippen molar-refractivity contribution in [1.29, 1.82) is 0 Å². The molecule has 2 fully saturated rings. The number of likely N-dealkylation sites (tertiary alicyclic amines) is 1. The molecule has 2 saturated heterocycles. The lowest BCUT2D eigenvalue weighted by Gasteiger charge is -2.52. The Morgan fingerprint density at radius 2 is 1.83 bits per heavy atom. The first-order chi connectivity index (χ1) is 22.4. The first kappa shape index (κ1) is 36.5. The second-order valence-electron chi connectivity index (χ2n) is 14.1. The normalized spacial score (nSPS) is 17.2. The van der Waals surface area contributed by atoms with E-state index >= 15 is 0 Å². The number of carbonyl (C=O) groups excluding carboxylic acids is 2. The van der Waals surface area contributed by atoms with E-state index in [1.807, 2.05) is 41.8 Å². The molecule has 0 bridgehead atoms. The number of ether oxygens (including phenoxy) is 1. The Bertz CT molecular complexity index is 1350. The van der Waals surface area contributed by atoms with E-state index in [9.17, 15) is 14.0 Å². The van der Waals surface area contributed by atoms with E-state index in [1.54, 1.807) is 9.80 Å². The number of nitrogens with zero attached hydrogens (tertiary/aromatic N) is 8. The molecule has 4 rings (SSSR count). The van der Waals surface area contributed by atoms with Gasteiger partial charge in [-0.05, 0) is 78.2 Å². The number of anilines is 1. The minimum absolute atomic E-state index is 0.00507. The fourth-order valence-electron chi connectivity index (χ4n) is 7.27. The summed E-state index contributed by atoms with van der Waals surface area (Å²) < 4.78 is 20.5. The zero-order valence-corrected chi connectivity index (χ0v) is 29.7. The maximum Gasteiger partial charge on any atom is 0.282 e. The number of halogens is 1. The minimum atomic E-state index is -0.506. The van der Waals surface area contributed by atoms with Crippen molar-refractivity contribution >= 4 is 17.6 Å². The molecule has 47 heavy (non-hydrogen) atoms. The highest BCUT2D eigenvalue weighted by molar-refractivity contribution is 5.97. The Hall–Kier alpha value is -3.38. The summed E-state index contributed by atoms with van der Waals surface area (Å²) in [4.78, 5) is 40.7. The first-order valence-corrected chi connectivity index (χ1v) is 17.2. The molecule has 1 spiro atoms. The van der Waals surface area contributed by atoms with Gasteiger partial charge in [0.1, 0.15) is 17.9 Å². The number of carbonyl (C=O) groups is 2. The van der Waals surface area contributed by atoms with Crippen LogP contribution in [0.3, 0.4) is 0 Å². The standard InChI is InChI=1S/C35H55FN8O3/c1-9-12-28(13-11-17-41(8)20-26(5)33(45)40(6)7)43-22-35(23-43)16-18-42(21-35)31-32(39-38-24-37-31)47-30-15-14-27(36)19-29(30)34(46)44(10-2)25(3)4/h14-15,19,24-26,28H,9-13,16-18,20-23H2,1-8H3/t26-,28-/m1/s1. The van der Waals surface area contributed by atoms with Crippen molar-refractivity contribution in [3.63, 3.8) is 0 Å². The highest BCUT2D eigenvalue weighted by Crippen LogP contribution is 2.44. The van der Waals surface area contributed by atoms with Crippen molar-refractivity contribution in [2.45, 2.75) is 78.8 Å². The Labute approximate surface area is 280 Å². The van der Waals surface area contributed by atoms with Crippen molar-refractivity contribution in [3.05, 3.63) is 35.9 Å². The summed E-state index contributed by atoms with van der Waals surface area (Å²) in [7, 11) is 5.74. The van der Waals surface area contributed by atoms with Crippen LogP contribution in [0, 0.1) is 17.2 Å². The second kappa shape index (κ2) is 16.1. The molecule has 0 N–H and O–H groups in total. The molecule has 2 aliphatic heterocycles. The van der Waals surface area contributed by atoms with Gasteiger partial charge in [-0.3, -0.25) is 14.5 Å². The van der Waals surface area contributed by atoms with Crippen molar-refractivity contribution in [2.75, 3.05) is 71.9 Å². The molecule has 1 aromatic heterocycles. The first-order valence-electron chi connectivity index (χ1n) is 17.2. The number of amides is 2. The van der Waals surface area contributed by atoms with Crippen molar-refractivity contribution in [3.8, 4) is 11.6 Å². The van der Waals surface area contributed by atoms with Gasteiger partial charge < -0.3 is 24.3 Å². The minimum Gasteiger partial charge on any atom is -0.434 e. The molecular formula is C35H55FN8O3. The maximum absolute atomic E-state index is 14.3. The van der Waals surface area contributed by atoms with E-state index in [1.165, 1.54) is 30.9 Å². The molecule has 2 atom stereocenters. The molecule has 2 aliphatic rings. The molecule has 0 unspecified atom stereocenters. The third-order valence-corrected chi connectivity index (χ3v) is 9.65. The highest BCUT2D eigenvalue weighted by atomic mass is 19.1. The predicted octanol–water partition coefficient (Wildman–Crippen LogP) is 4.79. The Balaban J connectivity index is 1.37. The summed E-state index contributed by atoms with van der Waals surface area (Å²) in [6, 6.07) is 4.48. The fourth-order valence-corrected chi connectivity index (χ4v) is 7.27. The molecule has 0 aliphatic carbocycles. The van der Waals surface area contributed by atoms with Crippen LogP contribution in [-0.2, 0) is 4.79 Å². The largest absolute Gasteiger partial charge is 0.434 e. The van der Waals surface area contributed by atoms with Gasteiger partial charge in [0.2, 0.25) is 5.91 Å². The van der Waals surface area contributed by atoms with Gasteiger partial charge in [-0.15, -0.1) is 10.2 Å². The van der Waals surface area contributed by atoms with Gasteiger partial charge in [0, 0.05) is 76.8 Å². The van der Waals surface area contributed by atoms with E-state index in [-0.39, 0.29) is 46.4 Å². The Morgan fingerprint density at radius 1 is 1.09 bits per heavy atom. The molecule has 11 nitrogen and oxygen atoms in total. The van der Waals surface area contributed by atoms with Gasteiger partial charge in [-0.25, -0.2) is 9.37 Å². The molecule has 12 heteroatoms. The quantitative estimate of drug-likeness (QED) is 0.253. The third-order valence-electron chi connectivity index (χ3n) is 9.65. The van der Waals surface area contributed by atoms with Gasteiger partial charge in [0.25, 0.3) is 11.8 Å². The van der Waals surface area contributed by atoms with Crippen LogP contribution >= 0.6 is 0 Å². The molecule has 0 saturated carbocycles. The predicted molar refractivity (Wildman–Crippen MR) is 182 cm³/mol. The summed E-state index contributed by atoms with van der Waals surface area (Å²) in [6.45, 7) is 16.0. The average molecular weight is 655 g/mol. The third kappa shape index (κ3) is 8.95. The topological polar surface area (TPSA) is 98.2 Å². The SMILES string of the molecule is CCC[C@H](CCCN(C)C[C@@H](C)C(=O)N(C)C)N1CC2(CCN(c3ncnnc3Oc3ccc(F)cc3C(=O)N(CC)C(C)C)C2)C1. The number of hydrogen-bond donors (Lipinski definition) is 0. The van der Waals surface area contributed by atoms with Crippen molar-refractivity contribution in [1.82, 2.24) is 34.8 Å². The van der Waals surface area contributed by atoms with E-state index in [0.717, 1.165) is 65.0 Å². The number of hydrogen-bond acceptors (Lipinski definition) is 9. The number of benzene rings is 1. The summed E-state index contributed by atoms with van der Waals surface area (Å²) >= 11 is 0. The zero-order valence-electron chi connectivity index (χ0n) is 29.7. The van der Waals surface area contributed by atoms with E-state index < -0.39 is 5.82 Å². The van der Waals surface area contributed by atoms with Gasteiger partial charge in [0.15, 0.2) is 5.82 Å². The monoisotopic (exact) mass is 654 g/mol. The second-order valence-corrected chi connectivity index (χ2v) is 14.1. The van der Waals surface area contributed by atoms with Crippen molar-refractivity contribution in [2.24, 2.45) is 11.3 Å². The number of aromatic nitrogens is 3. The van der Waals surface area contributed by atoms with Crippen LogP contribution in [-0.4, -0.2) is 126 Å². The summed E-state index contributed by atoms with van der Waals surface area (Å²) in [5.41, 5.74) is 0.331. The summed E-state index contributed by atoms with van der Waals surface area (Å²) in [5, 5.41) is 8.22. The molecular weight excluding hydrogens is 599 g/mol. The lowest BCUT2D eigenvalue weighted by molar-refractivity contribution is -0.132. The van der Waals surface area contributed by atoms with E-state index in [2.05, 4.69) is 43.9 Å². The van der Waals surface area contributed by atoms with Gasteiger partial charge in [0.05, 0.1) is 5.56 Å². The smallest absolute Gasteiger partial charge is 0.282 e. The van der Waals surface area contributed by atoms with E-state index in [4.69, 9.17) is 4.74 Å². The molecule has 2 amide bonds. The average Bonchev–Trinajstić information content (AvgIpc) is 3.46. The van der Waals surface area contributed by atoms with E-state index in [0.29, 0.717) is 18.4 Å². The summed E-state index contributed by atoms with van der Waals surface area (Å²) in [6.07, 6.45) is 7.05. The molecule has 1 aromatic carbocycles. The lowest BCUT2D eigenvalue weighted by Crippen LogP contribution is -2.60. The van der Waals surface area contributed by atoms with Crippen LogP contribution in [0.5, 0.6) is 11.6 Å². The van der Waals surface area contributed by atoms with Gasteiger partial charge >= 0.3 is 0 Å². The molecule has 3 heterocycles.